The van der Waals surface area contributed by atoms with Gasteiger partial charge in [-0.15, -0.1) is 0 Å². The number of hydrogen-bond donors (Lipinski definition) is 0. The number of methoxy groups -OCH3 is 2. The van der Waals surface area contributed by atoms with Crippen LogP contribution in [0.4, 0.5) is 0 Å². The molecule has 0 aliphatic carbocycles. The third-order valence-electron chi connectivity index (χ3n) is 4.74. The van der Waals surface area contributed by atoms with Crippen LogP contribution in [0.3, 0.4) is 0 Å². The van der Waals surface area contributed by atoms with Gasteiger partial charge in [0.05, 0.1) is 27.4 Å². The number of benzene rings is 2. The molecule has 4 rings (SSSR count). The summed E-state index contributed by atoms with van der Waals surface area (Å²) in [7, 11) is 3.27. The lowest BCUT2D eigenvalue weighted by Crippen LogP contribution is -2.28. The first-order chi connectivity index (χ1) is 13.3. The van der Waals surface area contributed by atoms with Crippen molar-refractivity contribution in [1.29, 1.82) is 0 Å². The van der Waals surface area contributed by atoms with Crippen LogP contribution < -0.4 is 9.47 Å². The summed E-state index contributed by atoms with van der Waals surface area (Å²) in [5, 5.41) is 0. The summed E-state index contributed by atoms with van der Waals surface area (Å²) in [4.78, 5) is 4.09. The van der Waals surface area contributed by atoms with Crippen LogP contribution in [0, 0.1) is 0 Å². The van der Waals surface area contributed by atoms with Crippen molar-refractivity contribution < 1.29 is 18.9 Å². The molecule has 0 amide bonds. The van der Waals surface area contributed by atoms with Gasteiger partial charge in [0.2, 0.25) is 5.79 Å². The van der Waals surface area contributed by atoms with Gasteiger partial charge in [-0.25, -0.2) is 0 Å². The molecule has 2 heterocycles. The van der Waals surface area contributed by atoms with Gasteiger partial charge in [0.15, 0.2) is 11.5 Å². The first-order valence-corrected chi connectivity index (χ1v) is 8.78. The Labute approximate surface area is 158 Å². The molecule has 5 heteroatoms. The van der Waals surface area contributed by atoms with Gasteiger partial charge in [-0.05, 0) is 35.4 Å². The number of ether oxygens (including phenoxy) is 4. The van der Waals surface area contributed by atoms with Crippen LogP contribution in [0.5, 0.6) is 11.5 Å². The molecule has 0 spiro atoms. The molecule has 0 N–H and O–H groups in total. The van der Waals surface area contributed by atoms with Gasteiger partial charge in [-0.2, -0.15) is 0 Å². The molecule has 0 saturated carbocycles. The molecule has 5 nitrogen and oxygen atoms in total. The van der Waals surface area contributed by atoms with Crippen LogP contribution in [0.25, 0.3) is 11.1 Å². The molecule has 0 bridgehead atoms. The van der Waals surface area contributed by atoms with Crippen molar-refractivity contribution in [1.82, 2.24) is 4.98 Å². The number of rotatable bonds is 5. The fourth-order valence-corrected chi connectivity index (χ4v) is 3.38. The van der Waals surface area contributed by atoms with E-state index < -0.39 is 5.79 Å². The SMILES string of the molecule is COc1ccc(-c2ccc(C3(c4ccncc4)OCCO3)cc2)cc1OC. The number of aromatic nitrogens is 1. The van der Waals surface area contributed by atoms with Gasteiger partial charge >= 0.3 is 0 Å². The quantitative estimate of drug-likeness (QED) is 0.685. The lowest BCUT2D eigenvalue weighted by molar-refractivity contribution is -0.129. The van der Waals surface area contributed by atoms with Crippen LogP contribution in [0.15, 0.2) is 67.0 Å². The molecular weight excluding hydrogens is 342 g/mol. The molecule has 138 valence electrons. The molecule has 3 aromatic rings. The standard InChI is InChI=1S/C22H21NO4/c1-24-20-8-5-17(15-21(20)25-2)16-3-6-18(7-4-16)22(26-13-14-27-22)19-9-11-23-12-10-19/h3-12,15H,13-14H2,1-2H3. The van der Waals surface area contributed by atoms with E-state index in [1.807, 2.05) is 42.5 Å². The largest absolute Gasteiger partial charge is 0.493 e. The summed E-state index contributed by atoms with van der Waals surface area (Å²) in [6.07, 6.45) is 3.50. The minimum absolute atomic E-state index is 0.555. The van der Waals surface area contributed by atoms with E-state index in [1.165, 1.54) is 0 Å². The first-order valence-electron chi connectivity index (χ1n) is 8.78. The molecule has 1 aliphatic heterocycles. The minimum Gasteiger partial charge on any atom is -0.493 e. The van der Waals surface area contributed by atoms with Gasteiger partial charge in [-0.3, -0.25) is 4.98 Å². The van der Waals surface area contributed by atoms with Crippen LogP contribution in [0.1, 0.15) is 11.1 Å². The lowest BCUT2D eigenvalue weighted by atomic mass is 9.95. The monoisotopic (exact) mass is 363 g/mol. The molecule has 0 atom stereocenters. The van der Waals surface area contributed by atoms with Gasteiger partial charge in [0, 0.05) is 23.5 Å². The summed E-state index contributed by atoms with van der Waals surface area (Å²) in [5.41, 5.74) is 4.01. The Morgan fingerprint density at radius 2 is 1.33 bits per heavy atom. The zero-order chi connectivity index (χ0) is 18.7. The summed E-state index contributed by atoms with van der Waals surface area (Å²) in [6, 6.07) is 17.9. The number of pyridine rings is 1. The van der Waals surface area contributed by atoms with E-state index in [0.29, 0.717) is 24.7 Å². The number of hydrogen-bond acceptors (Lipinski definition) is 5. The Morgan fingerprint density at radius 1 is 0.741 bits per heavy atom. The van der Waals surface area contributed by atoms with E-state index in [0.717, 1.165) is 22.3 Å². The third kappa shape index (κ3) is 3.16. The Hall–Kier alpha value is -2.89. The van der Waals surface area contributed by atoms with Crippen molar-refractivity contribution >= 4 is 0 Å². The van der Waals surface area contributed by atoms with Crippen LogP contribution in [0.2, 0.25) is 0 Å². The molecule has 1 aliphatic rings. The van der Waals surface area contributed by atoms with Crippen LogP contribution in [-0.4, -0.2) is 32.4 Å². The molecule has 0 radical (unpaired) electrons. The second-order valence-electron chi connectivity index (χ2n) is 6.20. The van der Waals surface area contributed by atoms with E-state index in [1.54, 1.807) is 26.6 Å². The van der Waals surface area contributed by atoms with Crippen molar-refractivity contribution in [3.8, 4) is 22.6 Å². The van der Waals surface area contributed by atoms with Crippen molar-refractivity contribution in [2.45, 2.75) is 5.79 Å². The Morgan fingerprint density at radius 3 is 1.96 bits per heavy atom. The number of nitrogens with zero attached hydrogens (tertiary/aromatic N) is 1. The topological polar surface area (TPSA) is 49.8 Å². The molecule has 0 unspecified atom stereocenters. The summed E-state index contributed by atoms with van der Waals surface area (Å²) < 4.78 is 22.8. The molecule has 1 fully saturated rings. The highest BCUT2D eigenvalue weighted by atomic mass is 16.7. The Balaban J connectivity index is 1.70. The Bertz CT molecular complexity index is 903. The summed E-state index contributed by atoms with van der Waals surface area (Å²) >= 11 is 0. The van der Waals surface area contributed by atoms with E-state index in [-0.39, 0.29) is 0 Å². The van der Waals surface area contributed by atoms with Gasteiger partial charge in [0.1, 0.15) is 0 Å². The Kier molecular flexibility index (Phi) is 4.79. The maximum atomic E-state index is 6.04. The molecular formula is C22H21NO4. The van der Waals surface area contributed by atoms with Gasteiger partial charge < -0.3 is 18.9 Å². The van der Waals surface area contributed by atoms with Crippen molar-refractivity contribution in [2.75, 3.05) is 27.4 Å². The average Bonchev–Trinajstić information content (AvgIpc) is 3.25. The third-order valence-corrected chi connectivity index (χ3v) is 4.74. The van der Waals surface area contributed by atoms with E-state index in [2.05, 4.69) is 17.1 Å². The first kappa shape index (κ1) is 17.5. The molecule has 1 saturated heterocycles. The molecule has 1 aromatic heterocycles. The van der Waals surface area contributed by atoms with Crippen molar-refractivity contribution in [3.63, 3.8) is 0 Å². The summed E-state index contributed by atoms with van der Waals surface area (Å²) in [5.74, 6) is 0.538. The van der Waals surface area contributed by atoms with Crippen LogP contribution in [-0.2, 0) is 15.3 Å². The zero-order valence-electron chi connectivity index (χ0n) is 15.3. The highest BCUT2D eigenvalue weighted by molar-refractivity contribution is 5.67. The van der Waals surface area contributed by atoms with E-state index in [4.69, 9.17) is 18.9 Å². The maximum Gasteiger partial charge on any atom is 0.222 e. The predicted octanol–water partition coefficient (Wildman–Crippen LogP) is 4.01. The van der Waals surface area contributed by atoms with Crippen molar-refractivity contribution in [3.05, 3.63) is 78.1 Å². The molecule has 27 heavy (non-hydrogen) atoms. The van der Waals surface area contributed by atoms with Gasteiger partial charge in [0.25, 0.3) is 0 Å². The van der Waals surface area contributed by atoms with E-state index in [9.17, 15) is 0 Å². The van der Waals surface area contributed by atoms with Gasteiger partial charge in [-0.1, -0.05) is 30.3 Å². The smallest absolute Gasteiger partial charge is 0.222 e. The fourth-order valence-electron chi connectivity index (χ4n) is 3.38. The van der Waals surface area contributed by atoms with E-state index >= 15 is 0 Å². The zero-order valence-corrected chi connectivity index (χ0v) is 15.3. The lowest BCUT2D eigenvalue weighted by Gasteiger charge is -2.28. The summed E-state index contributed by atoms with van der Waals surface area (Å²) in [6.45, 7) is 1.11. The fraction of sp³-hybridized carbons (Fsp3) is 0.227. The highest BCUT2D eigenvalue weighted by Gasteiger charge is 2.40. The predicted molar refractivity (Wildman–Crippen MR) is 102 cm³/mol. The minimum atomic E-state index is -0.876. The highest BCUT2D eigenvalue weighted by Crippen LogP contribution is 2.39. The second-order valence-corrected chi connectivity index (χ2v) is 6.20. The maximum absolute atomic E-state index is 6.04. The van der Waals surface area contributed by atoms with Crippen LogP contribution >= 0.6 is 0 Å². The average molecular weight is 363 g/mol. The van der Waals surface area contributed by atoms with Crippen molar-refractivity contribution in [2.24, 2.45) is 0 Å². The molecule has 2 aromatic carbocycles. The second kappa shape index (κ2) is 7.39. The normalized spacial score (nSPS) is 15.5.